The number of benzene rings is 1. The normalized spacial score (nSPS) is 21.5. The third kappa shape index (κ3) is 4.41. The number of hydrogen-bond acceptors (Lipinski definition) is 4. The van der Waals surface area contributed by atoms with Crippen LogP contribution in [0.4, 0.5) is 4.79 Å². The minimum Gasteiger partial charge on any atom is -0.493 e. The number of carbonyl (C=O) groups excluding carboxylic acids is 1. The molecule has 1 aromatic carbocycles. The van der Waals surface area contributed by atoms with Crippen molar-refractivity contribution < 1.29 is 14.3 Å². The molecule has 3 rings (SSSR count). The van der Waals surface area contributed by atoms with Crippen molar-refractivity contribution in [3.05, 3.63) is 27.2 Å². The molecule has 0 bridgehead atoms. The lowest BCUT2D eigenvalue weighted by Gasteiger charge is -2.41. The second-order valence-electron chi connectivity index (χ2n) is 7.46. The fourth-order valence-corrected chi connectivity index (χ4v) is 4.38. The van der Waals surface area contributed by atoms with Gasteiger partial charge in [-0.1, -0.05) is 27.5 Å². The van der Waals surface area contributed by atoms with Crippen molar-refractivity contribution in [3.63, 3.8) is 0 Å². The number of amides is 1. The Balaban J connectivity index is 1.68. The van der Waals surface area contributed by atoms with Crippen LogP contribution in [0.5, 0.6) is 5.75 Å². The first-order valence-corrected chi connectivity index (χ1v) is 9.75. The molecule has 2 aliphatic heterocycles. The molecule has 25 heavy (non-hydrogen) atoms. The summed E-state index contributed by atoms with van der Waals surface area (Å²) in [5.74, 6) is 0.852. The maximum absolute atomic E-state index is 12.2. The molecule has 7 heteroatoms. The first kappa shape index (κ1) is 18.8. The van der Waals surface area contributed by atoms with Gasteiger partial charge in [0.15, 0.2) is 0 Å². The van der Waals surface area contributed by atoms with Crippen molar-refractivity contribution in [3.8, 4) is 5.75 Å². The Morgan fingerprint density at radius 2 is 1.96 bits per heavy atom. The van der Waals surface area contributed by atoms with Crippen LogP contribution in [0.3, 0.4) is 0 Å². The van der Waals surface area contributed by atoms with E-state index in [0.29, 0.717) is 24.7 Å². The summed E-state index contributed by atoms with van der Waals surface area (Å²) in [6.45, 7) is 9.33. The van der Waals surface area contributed by atoms with Gasteiger partial charge in [0.1, 0.15) is 11.4 Å². The summed E-state index contributed by atoms with van der Waals surface area (Å²) < 4.78 is 12.2. The van der Waals surface area contributed by atoms with E-state index in [1.165, 1.54) is 0 Å². The zero-order valence-corrected chi connectivity index (χ0v) is 17.2. The lowest BCUT2D eigenvalue weighted by Crippen LogP contribution is -2.51. The predicted molar refractivity (Wildman–Crippen MR) is 101 cm³/mol. The van der Waals surface area contributed by atoms with Crippen molar-refractivity contribution >= 4 is 33.6 Å². The van der Waals surface area contributed by atoms with Gasteiger partial charge in [0.2, 0.25) is 0 Å². The van der Waals surface area contributed by atoms with Crippen molar-refractivity contribution in [2.24, 2.45) is 0 Å². The average Bonchev–Trinajstić information content (AvgIpc) is 2.52. The molecule has 2 heterocycles. The second kappa shape index (κ2) is 7.33. The molecular formula is C18H24BrClN2O3. The van der Waals surface area contributed by atoms with Gasteiger partial charge in [0.25, 0.3) is 0 Å². The number of nitrogens with zero attached hydrogens (tertiary/aromatic N) is 2. The van der Waals surface area contributed by atoms with Crippen LogP contribution in [-0.2, 0) is 4.74 Å². The minimum atomic E-state index is -0.460. The summed E-state index contributed by atoms with van der Waals surface area (Å²) in [6, 6.07) is 4.07. The summed E-state index contributed by atoms with van der Waals surface area (Å²) in [5, 5.41) is 0.668. The van der Waals surface area contributed by atoms with E-state index in [4.69, 9.17) is 21.1 Å². The molecule has 0 N–H and O–H groups in total. The van der Waals surface area contributed by atoms with E-state index in [1.807, 2.05) is 32.9 Å². The van der Waals surface area contributed by atoms with Gasteiger partial charge < -0.3 is 14.4 Å². The zero-order chi connectivity index (χ0) is 18.2. The largest absolute Gasteiger partial charge is 0.493 e. The number of rotatable bonds is 1. The maximum atomic E-state index is 12.2. The van der Waals surface area contributed by atoms with Crippen molar-refractivity contribution in [2.45, 2.75) is 38.8 Å². The molecule has 0 spiro atoms. The quantitative estimate of drug-likeness (QED) is 0.657. The summed E-state index contributed by atoms with van der Waals surface area (Å²) >= 11 is 9.77. The Morgan fingerprint density at radius 3 is 2.60 bits per heavy atom. The Kier molecular flexibility index (Phi) is 5.51. The van der Waals surface area contributed by atoms with E-state index in [1.54, 1.807) is 4.90 Å². The van der Waals surface area contributed by atoms with Crippen LogP contribution in [0.25, 0.3) is 0 Å². The van der Waals surface area contributed by atoms with Crippen LogP contribution >= 0.6 is 27.5 Å². The monoisotopic (exact) mass is 430 g/mol. The lowest BCUT2D eigenvalue weighted by molar-refractivity contribution is 0.00772. The first-order chi connectivity index (χ1) is 11.7. The maximum Gasteiger partial charge on any atom is 0.410 e. The van der Waals surface area contributed by atoms with Crippen LogP contribution in [0.2, 0.25) is 5.02 Å². The standard InChI is InChI=1S/C18H24BrClN2O3/c1-18(2,3)25-17(23)22-7-5-21(6-8-22)14-4-9-24-15-11-12(20)10-13(19)16(14)15/h10-11,14H,4-9H2,1-3H3/t14-/m0/s1. The number of carbonyl (C=O) groups is 1. The minimum absolute atomic E-state index is 0.229. The first-order valence-electron chi connectivity index (χ1n) is 8.58. The molecular weight excluding hydrogens is 408 g/mol. The molecule has 1 saturated heterocycles. The van der Waals surface area contributed by atoms with Gasteiger partial charge >= 0.3 is 6.09 Å². The average molecular weight is 432 g/mol. The molecule has 138 valence electrons. The topological polar surface area (TPSA) is 42.0 Å². The summed E-state index contributed by atoms with van der Waals surface area (Å²) in [5.41, 5.74) is 0.694. The molecule has 1 aromatic rings. The molecule has 0 unspecified atom stereocenters. The highest BCUT2D eigenvalue weighted by atomic mass is 79.9. The highest BCUT2D eigenvalue weighted by molar-refractivity contribution is 9.10. The van der Waals surface area contributed by atoms with Crippen LogP contribution in [0.15, 0.2) is 16.6 Å². The lowest BCUT2D eigenvalue weighted by atomic mass is 9.98. The van der Waals surface area contributed by atoms with Crippen molar-refractivity contribution in [1.82, 2.24) is 9.80 Å². The SMILES string of the molecule is CC(C)(C)OC(=O)N1CCN([C@H]2CCOc3cc(Cl)cc(Br)c32)CC1. The highest BCUT2D eigenvalue weighted by Crippen LogP contribution is 2.42. The molecule has 5 nitrogen and oxygen atoms in total. The van der Waals surface area contributed by atoms with Crippen LogP contribution in [0, 0.1) is 0 Å². The van der Waals surface area contributed by atoms with Gasteiger partial charge in [-0.25, -0.2) is 4.79 Å². The third-order valence-corrected chi connectivity index (χ3v) is 5.32. The molecule has 0 saturated carbocycles. The van der Waals surface area contributed by atoms with Crippen molar-refractivity contribution in [1.29, 1.82) is 0 Å². The van der Waals surface area contributed by atoms with E-state index < -0.39 is 5.60 Å². The van der Waals surface area contributed by atoms with Crippen LogP contribution < -0.4 is 4.74 Å². The number of fused-ring (bicyclic) bond motifs is 1. The van der Waals surface area contributed by atoms with Gasteiger partial charge in [0, 0.05) is 53.7 Å². The number of ether oxygens (including phenoxy) is 2. The van der Waals surface area contributed by atoms with Gasteiger partial charge in [-0.05, 0) is 32.9 Å². The van der Waals surface area contributed by atoms with Crippen LogP contribution in [0.1, 0.15) is 38.8 Å². The second-order valence-corrected chi connectivity index (χ2v) is 8.75. The van der Waals surface area contributed by atoms with E-state index in [0.717, 1.165) is 35.3 Å². The Bertz CT molecular complexity index is 654. The number of piperazine rings is 1. The molecule has 2 aliphatic rings. The Morgan fingerprint density at radius 1 is 1.28 bits per heavy atom. The molecule has 1 fully saturated rings. The van der Waals surface area contributed by atoms with Crippen LogP contribution in [-0.4, -0.2) is 54.3 Å². The zero-order valence-electron chi connectivity index (χ0n) is 14.8. The third-order valence-electron chi connectivity index (χ3n) is 4.45. The van der Waals surface area contributed by atoms with E-state index >= 15 is 0 Å². The summed E-state index contributed by atoms with van der Waals surface area (Å²) in [7, 11) is 0. The molecule has 0 aliphatic carbocycles. The number of halogens is 2. The van der Waals surface area contributed by atoms with Gasteiger partial charge in [-0.2, -0.15) is 0 Å². The van der Waals surface area contributed by atoms with Gasteiger partial charge in [-0.3, -0.25) is 4.90 Å². The predicted octanol–water partition coefficient (Wildman–Crippen LogP) is 4.48. The highest BCUT2D eigenvalue weighted by Gasteiger charge is 2.33. The molecule has 1 amide bonds. The molecule has 0 radical (unpaired) electrons. The van der Waals surface area contributed by atoms with E-state index in [-0.39, 0.29) is 12.1 Å². The van der Waals surface area contributed by atoms with Gasteiger partial charge in [-0.15, -0.1) is 0 Å². The van der Waals surface area contributed by atoms with E-state index in [9.17, 15) is 4.79 Å². The molecule has 1 atom stereocenters. The number of hydrogen-bond donors (Lipinski definition) is 0. The fourth-order valence-electron chi connectivity index (χ4n) is 3.34. The summed E-state index contributed by atoms with van der Waals surface area (Å²) in [6.07, 6.45) is 0.701. The Labute approximate surface area is 162 Å². The van der Waals surface area contributed by atoms with E-state index in [2.05, 4.69) is 20.8 Å². The van der Waals surface area contributed by atoms with Gasteiger partial charge in [0.05, 0.1) is 6.61 Å². The fraction of sp³-hybridized carbons (Fsp3) is 0.611. The Hall–Kier alpha value is -0.980. The smallest absolute Gasteiger partial charge is 0.410 e. The summed E-state index contributed by atoms with van der Waals surface area (Å²) in [4.78, 5) is 16.4. The molecule has 0 aromatic heterocycles. The van der Waals surface area contributed by atoms with Crippen molar-refractivity contribution in [2.75, 3.05) is 32.8 Å².